The van der Waals surface area contributed by atoms with E-state index < -0.39 is 0 Å². The number of carbonyl (C=O) groups is 1. The Balaban J connectivity index is 2.34. The summed E-state index contributed by atoms with van der Waals surface area (Å²) < 4.78 is 11.4. The van der Waals surface area contributed by atoms with Crippen molar-refractivity contribution in [2.75, 3.05) is 19.8 Å². The number of ether oxygens (including phenoxy) is 2. The Hall–Kier alpha value is -1.26. The van der Waals surface area contributed by atoms with Crippen LogP contribution in [0.3, 0.4) is 0 Å². The van der Waals surface area contributed by atoms with E-state index in [4.69, 9.17) is 26.8 Å². The lowest BCUT2D eigenvalue weighted by atomic mass is 9.97. The Kier molecular flexibility index (Phi) is 4.02. The Morgan fingerprint density at radius 2 is 2.05 bits per heavy atom. The van der Waals surface area contributed by atoms with Gasteiger partial charge in [-0.1, -0.05) is 25.4 Å². The number of nitrogens with two attached hydrogens (primary N) is 1. The van der Waals surface area contributed by atoms with E-state index in [0.717, 1.165) is 0 Å². The van der Waals surface area contributed by atoms with Gasteiger partial charge in [-0.2, -0.15) is 0 Å². The molecule has 104 valence electrons. The molecule has 2 rings (SSSR count). The van der Waals surface area contributed by atoms with Gasteiger partial charge in [-0.3, -0.25) is 4.79 Å². The zero-order valence-electron chi connectivity index (χ0n) is 11.2. The minimum Gasteiger partial charge on any atom is -0.489 e. The minimum atomic E-state index is -0.0935. The number of halogens is 1. The van der Waals surface area contributed by atoms with Crippen LogP contribution in [0.4, 0.5) is 0 Å². The molecular formula is C14H18ClNO3. The van der Waals surface area contributed by atoms with Crippen LogP contribution in [0.15, 0.2) is 12.1 Å². The molecule has 0 bridgehead atoms. The average molecular weight is 284 g/mol. The third kappa shape index (κ3) is 3.19. The first kappa shape index (κ1) is 14.2. The first-order chi connectivity index (χ1) is 8.93. The van der Waals surface area contributed by atoms with Crippen molar-refractivity contribution in [2.24, 2.45) is 11.1 Å². The molecule has 1 aromatic carbocycles. The summed E-state index contributed by atoms with van der Waals surface area (Å²) in [6, 6.07) is 3.29. The second-order valence-corrected chi connectivity index (χ2v) is 5.90. The molecule has 5 heteroatoms. The highest BCUT2D eigenvalue weighted by atomic mass is 35.5. The number of hydrogen-bond acceptors (Lipinski definition) is 4. The summed E-state index contributed by atoms with van der Waals surface area (Å²) in [5.74, 6) is 0.995. The van der Waals surface area contributed by atoms with Gasteiger partial charge in [-0.15, -0.1) is 0 Å². The van der Waals surface area contributed by atoms with Crippen LogP contribution in [0.2, 0.25) is 5.02 Å². The summed E-state index contributed by atoms with van der Waals surface area (Å²) in [5, 5.41) is 0.399. The zero-order chi connectivity index (χ0) is 14.0. The van der Waals surface area contributed by atoms with Gasteiger partial charge >= 0.3 is 0 Å². The molecule has 1 aliphatic rings. The van der Waals surface area contributed by atoms with Gasteiger partial charge in [0.05, 0.1) is 18.2 Å². The molecule has 0 saturated heterocycles. The van der Waals surface area contributed by atoms with Crippen LogP contribution in [0.1, 0.15) is 30.6 Å². The highest BCUT2D eigenvalue weighted by Crippen LogP contribution is 2.40. The van der Waals surface area contributed by atoms with E-state index in [2.05, 4.69) is 0 Å². The van der Waals surface area contributed by atoms with Gasteiger partial charge in [-0.05, 0) is 18.7 Å². The highest BCUT2D eigenvalue weighted by molar-refractivity contribution is 6.32. The molecule has 0 fully saturated rings. The Labute approximate surface area is 117 Å². The van der Waals surface area contributed by atoms with Crippen molar-refractivity contribution < 1.29 is 14.3 Å². The lowest BCUT2D eigenvalue weighted by molar-refractivity contribution is 0.0985. The van der Waals surface area contributed by atoms with E-state index in [1.54, 1.807) is 12.1 Å². The zero-order valence-corrected chi connectivity index (χ0v) is 11.9. The van der Waals surface area contributed by atoms with Gasteiger partial charge in [0.25, 0.3) is 0 Å². The Bertz CT molecular complexity index is 500. The minimum absolute atomic E-state index is 0.0423. The van der Waals surface area contributed by atoms with Gasteiger partial charge in [0, 0.05) is 17.4 Å². The highest BCUT2D eigenvalue weighted by Gasteiger charge is 2.27. The fourth-order valence-electron chi connectivity index (χ4n) is 1.83. The van der Waals surface area contributed by atoms with E-state index in [-0.39, 0.29) is 11.2 Å². The SMILES string of the molecule is CC1(C)COc2cc(C(=O)CCN)cc(Cl)c2OC1. The summed E-state index contributed by atoms with van der Waals surface area (Å²) in [6.07, 6.45) is 0.293. The number of ketones is 1. The fourth-order valence-corrected chi connectivity index (χ4v) is 2.10. The van der Waals surface area contributed by atoms with E-state index in [1.165, 1.54) is 0 Å². The normalized spacial score (nSPS) is 16.8. The average Bonchev–Trinajstić information content (AvgIpc) is 2.49. The van der Waals surface area contributed by atoms with Crippen LogP contribution in [0.25, 0.3) is 0 Å². The van der Waals surface area contributed by atoms with Crippen molar-refractivity contribution in [1.29, 1.82) is 0 Å². The summed E-state index contributed by atoms with van der Waals surface area (Å²) in [6.45, 7) is 5.46. The van der Waals surface area contributed by atoms with Crippen molar-refractivity contribution in [3.8, 4) is 11.5 Å². The number of Topliss-reactive ketones (excluding diaryl/α,β-unsaturated/α-hetero) is 1. The largest absolute Gasteiger partial charge is 0.489 e. The van der Waals surface area contributed by atoms with Gasteiger partial charge in [0.15, 0.2) is 17.3 Å². The van der Waals surface area contributed by atoms with Crippen LogP contribution in [-0.4, -0.2) is 25.5 Å². The number of fused-ring (bicyclic) bond motifs is 1. The molecular weight excluding hydrogens is 266 g/mol. The molecule has 2 N–H and O–H groups in total. The second-order valence-electron chi connectivity index (χ2n) is 5.49. The summed E-state index contributed by atoms with van der Waals surface area (Å²) in [4.78, 5) is 11.9. The molecule has 0 radical (unpaired) electrons. The summed E-state index contributed by atoms with van der Waals surface area (Å²) in [5.41, 5.74) is 5.81. The molecule has 0 unspecified atom stereocenters. The van der Waals surface area contributed by atoms with Crippen molar-refractivity contribution in [2.45, 2.75) is 20.3 Å². The Morgan fingerprint density at radius 3 is 2.74 bits per heavy atom. The molecule has 1 aliphatic heterocycles. The van der Waals surface area contributed by atoms with Crippen molar-refractivity contribution in [3.63, 3.8) is 0 Å². The standard InChI is InChI=1S/C14H18ClNO3/c1-14(2)7-18-12-6-9(11(17)3-4-16)5-10(15)13(12)19-8-14/h5-6H,3-4,7-8,16H2,1-2H3. The molecule has 0 aromatic heterocycles. The van der Waals surface area contributed by atoms with Crippen molar-refractivity contribution in [1.82, 2.24) is 0 Å². The molecule has 1 aromatic rings. The molecule has 0 saturated carbocycles. The van der Waals surface area contributed by atoms with Gasteiger partial charge in [0.1, 0.15) is 0 Å². The maximum atomic E-state index is 11.9. The fraction of sp³-hybridized carbons (Fsp3) is 0.500. The predicted octanol–water partition coefficient (Wildman–Crippen LogP) is 2.67. The monoisotopic (exact) mass is 283 g/mol. The third-order valence-electron chi connectivity index (χ3n) is 2.93. The van der Waals surface area contributed by atoms with Crippen LogP contribution in [0, 0.1) is 5.41 Å². The second kappa shape index (κ2) is 5.39. The molecule has 19 heavy (non-hydrogen) atoms. The van der Waals surface area contributed by atoms with Gasteiger partial charge in [-0.25, -0.2) is 0 Å². The lowest BCUT2D eigenvalue weighted by Crippen LogP contribution is -2.26. The number of carbonyl (C=O) groups excluding carboxylic acids is 1. The van der Waals surface area contributed by atoms with Crippen LogP contribution < -0.4 is 15.2 Å². The number of hydrogen-bond donors (Lipinski definition) is 1. The van der Waals surface area contributed by atoms with E-state index in [9.17, 15) is 4.79 Å². The molecule has 0 aliphatic carbocycles. The van der Waals surface area contributed by atoms with Gasteiger partial charge in [0.2, 0.25) is 0 Å². The summed E-state index contributed by atoms with van der Waals surface area (Å²) >= 11 is 6.17. The quantitative estimate of drug-likeness (QED) is 0.867. The number of rotatable bonds is 3. The molecule has 4 nitrogen and oxygen atoms in total. The van der Waals surface area contributed by atoms with Crippen LogP contribution in [0.5, 0.6) is 11.5 Å². The van der Waals surface area contributed by atoms with Crippen LogP contribution in [-0.2, 0) is 0 Å². The van der Waals surface area contributed by atoms with E-state index in [1.807, 2.05) is 13.8 Å². The van der Waals surface area contributed by atoms with E-state index >= 15 is 0 Å². The maximum absolute atomic E-state index is 11.9. The van der Waals surface area contributed by atoms with Gasteiger partial charge < -0.3 is 15.2 Å². The molecule has 0 amide bonds. The van der Waals surface area contributed by atoms with Crippen LogP contribution >= 0.6 is 11.6 Å². The van der Waals surface area contributed by atoms with Crippen molar-refractivity contribution in [3.05, 3.63) is 22.7 Å². The molecule has 0 spiro atoms. The third-order valence-corrected chi connectivity index (χ3v) is 3.21. The van der Waals surface area contributed by atoms with Crippen molar-refractivity contribution >= 4 is 17.4 Å². The maximum Gasteiger partial charge on any atom is 0.179 e. The molecule has 0 atom stereocenters. The summed E-state index contributed by atoms with van der Waals surface area (Å²) in [7, 11) is 0. The lowest BCUT2D eigenvalue weighted by Gasteiger charge is -2.19. The smallest absolute Gasteiger partial charge is 0.179 e. The first-order valence-electron chi connectivity index (χ1n) is 6.25. The first-order valence-corrected chi connectivity index (χ1v) is 6.63. The predicted molar refractivity (Wildman–Crippen MR) is 74.2 cm³/mol. The number of benzene rings is 1. The Morgan fingerprint density at radius 1 is 1.37 bits per heavy atom. The molecule has 1 heterocycles. The van der Waals surface area contributed by atoms with E-state index in [0.29, 0.717) is 48.3 Å². The topological polar surface area (TPSA) is 61.5 Å².